The Morgan fingerprint density at radius 1 is 1.38 bits per heavy atom. The van der Waals surface area contributed by atoms with Gasteiger partial charge in [-0.05, 0) is 49.3 Å². The van der Waals surface area contributed by atoms with Gasteiger partial charge in [-0.3, -0.25) is 4.98 Å². The molecule has 0 bridgehead atoms. The van der Waals surface area contributed by atoms with Crippen LogP contribution in [0.25, 0.3) is 0 Å². The molecule has 1 aliphatic heterocycles. The van der Waals surface area contributed by atoms with Gasteiger partial charge in [0.05, 0.1) is 12.2 Å². The number of hydrogen-bond acceptors (Lipinski definition) is 4. The van der Waals surface area contributed by atoms with Crippen LogP contribution in [0.4, 0.5) is 0 Å². The molecule has 2 atom stereocenters. The Labute approximate surface area is 143 Å². The molecular formula is C19H27N5. The van der Waals surface area contributed by atoms with E-state index in [1.54, 1.807) is 0 Å². The maximum absolute atomic E-state index is 4.84. The van der Waals surface area contributed by atoms with Crippen molar-refractivity contribution in [2.24, 2.45) is 5.92 Å². The monoisotopic (exact) mass is 325 g/mol. The zero-order valence-corrected chi connectivity index (χ0v) is 14.9. The summed E-state index contributed by atoms with van der Waals surface area (Å²) in [5.41, 5.74) is 5.04. The molecule has 0 aromatic carbocycles. The molecule has 2 aliphatic rings. The summed E-state index contributed by atoms with van der Waals surface area (Å²) < 4.78 is 1.99. The number of hydrogen-bond donors (Lipinski definition) is 1. The van der Waals surface area contributed by atoms with Crippen molar-refractivity contribution in [3.8, 4) is 0 Å². The van der Waals surface area contributed by atoms with E-state index in [4.69, 9.17) is 4.98 Å². The second-order valence-corrected chi connectivity index (χ2v) is 7.67. The lowest BCUT2D eigenvalue weighted by Crippen LogP contribution is -2.44. The van der Waals surface area contributed by atoms with E-state index in [0.717, 1.165) is 32.0 Å². The number of rotatable bonds is 5. The summed E-state index contributed by atoms with van der Waals surface area (Å²) in [7, 11) is 0. The quantitative estimate of drug-likeness (QED) is 0.918. The Morgan fingerprint density at radius 2 is 2.25 bits per heavy atom. The van der Waals surface area contributed by atoms with Crippen molar-refractivity contribution in [3.05, 3.63) is 41.0 Å². The zero-order valence-electron chi connectivity index (χ0n) is 14.9. The van der Waals surface area contributed by atoms with Gasteiger partial charge >= 0.3 is 0 Å². The van der Waals surface area contributed by atoms with E-state index in [1.165, 1.54) is 35.5 Å². The lowest BCUT2D eigenvalue weighted by molar-refractivity contribution is 0.176. The van der Waals surface area contributed by atoms with Crippen LogP contribution in [0, 0.1) is 5.92 Å². The normalized spacial score (nSPS) is 25.8. The standard InChI is InChI=1S/C19H27N5/c1-4-16-14(5-6-17(21-16)13(2)3)10-24-11-18(22-23-24)19-8-7-15(19)9-20-12-19/h5-6,11,13,15,20H,4,7-10,12H2,1-3H3/t15-,19-/m0/s1. The molecule has 4 rings (SSSR count). The summed E-state index contributed by atoms with van der Waals surface area (Å²) >= 11 is 0. The number of aryl methyl sites for hydroxylation is 1. The third kappa shape index (κ3) is 2.46. The van der Waals surface area contributed by atoms with E-state index >= 15 is 0 Å². The molecule has 0 radical (unpaired) electrons. The SMILES string of the molecule is CCc1nc(C(C)C)ccc1Cn1cc([C@]23CC[C@H]2CNC3)nn1. The van der Waals surface area contributed by atoms with Gasteiger partial charge in [0, 0.05) is 29.5 Å². The first kappa shape index (κ1) is 15.8. The minimum absolute atomic E-state index is 0.256. The van der Waals surface area contributed by atoms with E-state index in [9.17, 15) is 0 Å². The van der Waals surface area contributed by atoms with Crippen molar-refractivity contribution >= 4 is 0 Å². The Kier molecular flexibility index (Phi) is 3.91. The van der Waals surface area contributed by atoms with Gasteiger partial charge in [-0.15, -0.1) is 5.10 Å². The molecule has 2 aromatic heterocycles. The van der Waals surface area contributed by atoms with Crippen molar-refractivity contribution in [1.29, 1.82) is 0 Å². The first-order valence-corrected chi connectivity index (χ1v) is 9.22. The predicted octanol–water partition coefficient (Wildman–Crippen LogP) is 2.66. The van der Waals surface area contributed by atoms with Crippen LogP contribution < -0.4 is 5.32 Å². The molecule has 3 heterocycles. The molecule has 0 spiro atoms. The minimum atomic E-state index is 0.256. The smallest absolute Gasteiger partial charge is 0.0904 e. The summed E-state index contributed by atoms with van der Waals surface area (Å²) in [5, 5.41) is 12.5. The largest absolute Gasteiger partial charge is 0.315 e. The van der Waals surface area contributed by atoms with E-state index < -0.39 is 0 Å². The minimum Gasteiger partial charge on any atom is -0.315 e. The topological polar surface area (TPSA) is 55.6 Å². The van der Waals surface area contributed by atoms with Crippen LogP contribution in [0.3, 0.4) is 0 Å². The zero-order chi connectivity index (χ0) is 16.7. The van der Waals surface area contributed by atoms with Gasteiger partial charge in [0.15, 0.2) is 0 Å². The number of pyridine rings is 1. The van der Waals surface area contributed by atoms with Crippen molar-refractivity contribution in [2.45, 2.75) is 57.9 Å². The van der Waals surface area contributed by atoms with Crippen LogP contribution >= 0.6 is 0 Å². The predicted molar refractivity (Wildman–Crippen MR) is 94.1 cm³/mol. The first-order valence-electron chi connectivity index (χ1n) is 9.22. The van der Waals surface area contributed by atoms with Gasteiger partial charge < -0.3 is 5.32 Å². The van der Waals surface area contributed by atoms with Crippen LogP contribution in [0.15, 0.2) is 18.3 Å². The van der Waals surface area contributed by atoms with Crippen molar-refractivity contribution < 1.29 is 0 Å². The molecule has 1 N–H and O–H groups in total. The average molecular weight is 325 g/mol. The highest BCUT2D eigenvalue weighted by molar-refractivity contribution is 5.27. The molecule has 0 amide bonds. The van der Waals surface area contributed by atoms with Crippen molar-refractivity contribution in [2.75, 3.05) is 13.1 Å². The molecule has 1 saturated heterocycles. The van der Waals surface area contributed by atoms with Gasteiger partial charge in [-0.1, -0.05) is 32.1 Å². The maximum atomic E-state index is 4.84. The molecule has 5 nitrogen and oxygen atoms in total. The summed E-state index contributed by atoms with van der Waals surface area (Å²) in [6, 6.07) is 4.36. The lowest BCUT2D eigenvalue weighted by Gasteiger charge is -2.42. The molecule has 1 aliphatic carbocycles. The van der Waals surface area contributed by atoms with Crippen molar-refractivity contribution in [1.82, 2.24) is 25.3 Å². The second kappa shape index (κ2) is 5.96. The Hall–Kier alpha value is -1.75. The summed E-state index contributed by atoms with van der Waals surface area (Å²) in [6.45, 7) is 9.50. The Bertz CT molecular complexity index is 735. The fraction of sp³-hybridized carbons (Fsp3) is 0.632. The fourth-order valence-electron chi connectivity index (χ4n) is 4.22. The van der Waals surface area contributed by atoms with Gasteiger partial charge in [-0.2, -0.15) is 0 Å². The molecule has 0 unspecified atom stereocenters. The third-order valence-electron chi connectivity index (χ3n) is 5.95. The lowest BCUT2D eigenvalue weighted by atomic mass is 9.60. The van der Waals surface area contributed by atoms with E-state index in [0.29, 0.717) is 5.92 Å². The highest BCUT2D eigenvalue weighted by atomic mass is 15.4. The molecule has 1 saturated carbocycles. The maximum Gasteiger partial charge on any atom is 0.0904 e. The number of fused-ring (bicyclic) bond motifs is 1. The van der Waals surface area contributed by atoms with Gasteiger partial charge in [0.2, 0.25) is 0 Å². The number of aromatic nitrogens is 4. The van der Waals surface area contributed by atoms with E-state index in [-0.39, 0.29) is 5.41 Å². The highest BCUT2D eigenvalue weighted by Crippen LogP contribution is 2.50. The summed E-state index contributed by atoms with van der Waals surface area (Å²) in [4.78, 5) is 4.84. The Balaban J connectivity index is 1.56. The third-order valence-corrected chi connectivity index (χ3v) is 5.95. The number of nitrogens with zero attached hydrogens (tertiary/aromatic N) is 4. The van der Waals surface area contributed by atoms with Crippen LogP contribution in [0.2, 0.25) is 0 Å². The van der Waals surface area contributed by atoms with Crippen molar-refractivity contribution in [3.63, 3.8) is 0 Å². The molecular weight excluding hydrogens is 298 g/mol. The highest BCUT2D eigenvalue weighted by Gasteiger charge is 2.52. The fourth-order valence-corrected chi connectivity index (χ4v) is 4.22. The van der Waals surface area contributed by atoms with Gasteiger partial charge in [-0.25, -0.2) is 4.68 Å². The molecule has 5 heteroatoms. The van der Waals surface area contributed by atoms with Crippen LogP contribution in [-0.4, -0.2) is 33.1 Å². The van der Waals surface area contributed by atoms with Crippen LogP contribution in [0.1, 0.15) is 62.2 Å². The van der Waals surface area contributed by atoms with Gasteiger partial charge in [0.25, 0.3) is 0 Å². The molecule has 128 valence electrons. The van der Waals surface area contributed by atoms with E-state index in [2.05, 4.69) is 54.7 Å². The average Bonchev–Trinajstić information content (AvgIpc) is 3.13. The summed E-state index contributed by atoms with van der Waals surface area (Å²) in [5.74, 6) is 1.22. The van der Waals surface area contributed by atoms with Gasteiger partial charge in [0.1, 0.15) is 0 Å². The molecule has 2 fully saturated rings. The second-order valence-electron chi connectivity index (χ2n) is 7.67. The number of nitrogens with one attached hydrogen (secondary N) is 1. The molecule has 2 aromatic rings. The molecule has 24 heavy (non-hydrogen) atoms. The van der Waals surface area contributed by atoms with E-state index in [1.807, 2.05) is 4.68 Å². The van der Waals surface area contributed by atoms with Crippen LogP contribution in [-0.2, 0) is 18.4 Å². The first-order chi connectivity index (χ1) is 11.6. The summed E-state index contributed by atoms with van der Waals surface area (Å²) in [6.07, 6.45) is 5.68. The van der Waals surface area contributed by atoms with Crippen LogP contribution in [0.5, 0.6) is 0 Å². The Morgan fingerprint density at radius 3 is 2.92 bits per heavy atom.